The van der Waals surface area contributed by atoms with Crippen LogP contribution in [0.15, 0.2) is 4.52 Å². The Labute approximate surface area is 124 Å². The second kappa shape index (κ2) is 6.39. The smallest absolute Gasteiger partial charge is 0.234 e. The number of aliphatic hydroxyl groups excluding tert-OH is 1. The summed E-state index contributed by atoms with van der Waals surface area (Å²) in [5.74, 6) is 0.778. The summed E-state index contributed by atoms with van der Waals surface area (Å²) >= 11 is 0. The molecule has 0 bridgehead atoms. The number of rotatable bonds is 3. The standard InChI is InChI=1S/C14H23N3O4/c1-9(2)17-4-6-20-12(7-17)13-15-14(21-16-13)10-8-19-5-3-11(10)18/h9-12,18H,3-8H2,1-2H3. The molecule has 1 aromatic heterocycles. The predicted molar refractivity (Wildman–Crippen MR) is 73.9 cm³/mol. The Balaban J connectivity index is 1.69. The highest BCUT2D eigenvalue weighted by molar-refractivity contribution is 5.01. The van der Waals surface area contributed by atoms with Crippen LogP contribution in [0.1, 0.15) is 44.0 Å². The Morgan fingerprint density at radius 1 is 1.33 bits per heavy atom. The third-order valence-corrected chi connectivity index (χ3v) is 4.21. The molecule has 0 saturated carbocycles. The van der Waals surface area contributed by atoms with Gasteiger partial charge in [-0.25, -0.2) is 0 Å². The van der Waals surface area contributed by atoms with Crippen molar-refractivity contribution in [3.63, 3.8) is 0 Å². The van der Waals surface area contributed by atoms with Crippen molar-refractivity contribution in [2.24, 2.45) is 0 Å². The monoisotopic (exact) mass is 297 g/mol. The summed E-state index contributed by atoms with van der Waals surface area (Å²) in [6.45, 7) is 7.69. The van der Waals surface area contributed by atoms with Crippen molar-refractivity contribution in [1.29, 1.82) is 0 Å². The van der Waals surface area contributed by atoms with Gasteiger partial charge in [0.25, 0.3) is 0 Å². The van der Waals surface area contributed by atoms with Crippen molar-refractivity contribution in [3.8, 4) is 0 Å². The van der Waals surface area contributed by atoms with Gasteiger partial charge in [-0.2, -0.15) is 4.98 Å². The number of hydrogen-bond acceptors (Lipinski definition) is 7. The van der Waals surface area contributed by atoms with Gasteiger partial charge in [0.1, 0.15) is 6.10 Å². The fourth-order valence-electron chi connectivity index (χ4n) is 2.79. The van der Waals surface area contributed by atoms with Gasteiger partial charge in [-0.15, -0.1) is 0 Å². The Bertz CT molecular complexity index is 465. The zero-order chi connectivity index (χ0) is 14.8. The van der Waals surface area contributed by atoms with Crippen molar-refractivity contribution >= 4 is 0 Å². The van der Waals surface area contributed by atoms with E-state index in [-0.39, 0.29) is 12.0 Å². The normalized spacial score (nSPS) is 31.7. The van der Waals surface area contributed by atoms with Crippen LogP contribution >= 0.6 is 0 Å². The molecule has 3 atom stereocenters. The molecular weight excluding hydrogens is 274 g/mol. The lowest BCUT2D eigenvalue weighted by Gasteiger charge is -2.34. The number of ether oxygens (including phenoxy) is 2. The number of morpholine rings is 1. The van der Waals surface area contributed by atoms with Gasteiger partial charge >= 0.3 is 0 Å². The maximum atomic E-state index is 10.0. The molecule has 7 nitrogen and oxygen atoms in total. The van der Waals surface area contributed by atoms with E-state index < -0.39 is 6.10 Å². The van der Waals surface area contributed by atoms with Gasteiger partial charge < -0.3 is 19.1 Å². The topological polar surface area (TPSA) is 80.9 Å². The van der Waals surface area contributed by atoms with Crippen molar-refractivity contribution < 1.29 is 19.1 Å². The summed E-state index contributed by atoms with van der Waals surface area (Å²) in [6.07, 6.45) is -0.0459. The summed E-state index contributed by atoms with van der Waals surface area (Å²) in [5.41, 5.74) is 0. The number of nitrogens with zero attached hydrogens (tertiary/aromatic N) is 3. The summed E-state index contributed by atoms with van der Waals surface area (Å²) in [6, 6.07) is 0.469. The Kier molecular flexibility index (Phi) is 4.54. The van der Waals surface area contributed by atoms with Gasteiger partial charge in [0.05, 0.1) is 25.2 Å². The van der Waals surface area contributed by atoms with Gasteiger partial charge in [0.2, 0.25) is 11.7 Å². The molecule has 1 aromatic rings. The zero-order valence-electron chi connectivity index (χ0n) is 12.6. The van der Waals surface area contributed by atoms with E-state index in [1.54, 1.807) is 0 Å². The van der Waals surface area contributed by atoms with Crippen LogP contribution in [0.3, 0.4) is 0 Å². The molecule has 2 aliphatic heterocycles. The molecule has 0 aliphatic carbocycles. The van der Waals surface area contributed by atoms with Crippen molar-refractivity contribution in [3.05, 3.63) is 11.7 Å². The van der Waals surface area contributed by atoms with Crippen molar-refractivity contribution in [2.45, 2.75) is 44.4 Å². The number of aliphatic hydroxyl groups is 1. The average molecular weight is 297 g/mol. The lowest BCUT2D eigenvalue weighted by Crippen LogP contribution is -2.42. The molecule has 1 N–H and O–H groups in total. The minimum atomic E-state index is -0.480. The molecule has 0 radical (unpaired) electrons. The first-order valence-electron chi connectivity index (χ1n) is 7.60. The summed E-state index contributed by atoms with van der Waals surface area (Å²) < 4.78 is 16.5. The lowest BCUT2D eigenvalue weighted by molar-refractivity contribution is -0.0450. The minimum Gasteiger partial charge on any atom is -0.392 e. The van der Waals surface area contributed by atoms with E-state index in [1.807, 2.05) is 0 Å². The molecule has 2 aliphatic rings. The highest BCUT2D eigenvalue weighted by Crippen LogP contribution is 2.27. The second-order valence-corrected chi connectivity index (χ2v) is 5.98. The molecule has 3 heterocycles. The fraction of sp³-hybridized carbons (Fsp3) is 0.857. The summed E-state index contributed by atoms with van der Waals surface area (Å²) in [7, 11) is 0. The van der Waals surface area contributed by atoms with Crippen LogP contribution in [0, 0.1) is 0 Å². The van der Waals surface area contributed by atoms with Crippen molar-refractivity contribution in [1.82, 2.24) is 15.0 Å². The van der Waals surface area contributed by atoms with Crippen LogP contribution in [0.25, 0.3) is 0 Å². The molecule has 0 aromatic carbocycles. The van der Waals surface area contributed by atoms with E-state index in [1.165, 1.54) is 0 Å². The van der Waals surface area contributed by atoms with Crippen LogP contribution in [-0.2, 0) is 9.47 Å². The van der Waals surface area contributed by atoms with Crippen LogP contribution in [0.5, 0.6) is 0 Å². The molecule has 2 fully saturated rings. The first-order valence-corrected chi connectivity index (χ1v) is 7.60. The van der Waals surface area contributed by atoms with Crippen LogP contribution in [0.2, 0.25) is 0 Å². The Morgan fingerprint density at radius 3 is 2.95 bits per heavy atom. The highest BCUT2D eigenvalue weighted by atomic mass is 16.5. The maximum Gasteiger partial charge on any atom is 0.234 e. The van der Waals surface area contributed by atoms with E-state index >= 15 is 0 Å². The largest absolute Gasteiger partial charge is 0.392 e. The van der Waals surface area contributed by atoms with Crippen LogP contribution in [-0.4, -0.2) is 65.2 Å². The quantitative estimate of drug-likeness (QED) is 0.880. The molecule has 3 rings (SSSR count). The summed E-state index contributed by atoms with van der Waals surface area (Å²) in [5, 5.41) is 14.0. The highest BCUT2D eigenvalue weighted by Gasteiger charge is 2.33. The third-order valence-electron chi connectivity index (χ3n) is 4.21. The van der Waals surface area contributed by atoms with Crippen LogP contribution < -0.4 is 0 Å². The third kappa shape index (κ3) is 3.26. The first-order chi connectivity index (χ1) is 10.1. The average Bonchev–Trinajstić information content (AvgIpc) is 2.97. The summed E-state index contributed by atoms with van der Waals surface area (Å²) in [4.78, 5) is 6.77. The van der Waals surface area contributed by atoms with Crippen LogP contribution in [0.4, 0.5) is 0 Å². The van der Waals surface area contributed by atoms with Gasteiger partial charge in [0.15, 0.2) is 0 Å². The Hall–Kier alpha value is -1.02. The molecule has 3 unspecified atom stereocenters. The van der Waals surface area contributed by atoms with E-state index in [9.17, 15) is 5.11 Å². The molecule has 0 amide bonds. The number of hydrogen-bond donors (Lipinski definition) is 1. The predicted octanol–water partition coefficient (Wildman–Crippen LogP) is 0.716. The minimum absolute atomic E-state index is 0.166. The van der Waals surface area contributed by atoms with Crippen molar-refractivity contribution in [2.75, 3.05) is 32.9 Å². The molecule has 21 heavy (non-hydrogen) atoms. The zero-order valence-corrected chi connectivity index (χ0v) is 12.6. The molecule has 7 heteroatoms. The van der Waals surface area contributed by atoms with Gasteiger partial charge in [-0.3, -0.25) is 4.90 Å². The lowest BCUT2D eigenvalue weighted by atomic mass is 9.99. The van der Waals surface area contributed by atoms with Gasteiger partial charge in [-0.05, 0) is 20.3 Å². The van der Waals surface area contributed by atoms with E-state index in [0.29, 0.717) is 44.0 Å². The first kappa shape index (κ1) is 14.9. The SMILES string of the molecule is CC(C)N1CCOC(c2noc(C3COCCC3O)n2)C1. The van der Waals surface area contributed by atoms with E-state index in [4.69, 9.17) is 14.0 Å². The second-order valence-electron chi connectivity index (χ2n) is 5.98. The van der Waals surface area contributed by atoms with E-state index in [2.05, 4.69) is 28.9 Å². The number of aromatic nitrogens is 2. The maximum absolute atomic E-state index is 10.0. The molecule has 0 spiro atoms. The molecule has 2 saturated heterocycles. The molecule has 118 valence electrons. The van der Waals surface area contributed by atoms with E-state index in [0.717, 1.165) is 13.1 Å². The Morgan fingerprint density at radius 2 is 2.19 bits per heavy atom. The molecular formula is C14H23N3O4. The van der Waals surface area contributed by atoms with Gasteiger partial charge in [-0.1, -0.05) is 5.16 Å². The van der Waals surface area contributed by atoms with Gasteiger partial charge in [0, 0.05) is 25.7 Å². The fourth-order valence-corrected chi connectivity index (χ4v) is 2.79.